The van der Waals surface area contributed by atoms with E-state index in [4.69, 9.17) is 4.42 Å². The molecule has 154 valence electrons. The molecule has 0 aliphatic rings. The maximum absolute atomic E-state index is 12.9. The van der Waals surface area contributed by atoms with Gasteiger partial charge in [-0.25, -0.2) is 17.7 Å². The van der Waals surface area contributed by atoms with Crippen molar-refractivity contribution >= 4 is 27.0 Å². The molecule has 7 nitrogen and oxygen atoms in total. The lowest BCUT2D eigenvalue weighted by molar-refractivity contribution is 0.0924. The smallest absolute Gasteiger partial charge is 0.251 e. The molecule has 0 bridgehead atoms. The van der Waals surface area contributed by atoms with Gasteiger partial charge in [0.1, 0.15) is 11.6 Å². The lowest BCUT2D eigenvalue weighted by Crippen LogP contribution is -2.30. The molecule has 29 heavy (non-hydrogen) atoms. The quantitative estimate of drug-likeness (QED) is 0.636. The molecule has 1 aromatic heterocycles. The highest BCUT2D eigenvalue weighted by atomic mass is 32.2. The first-order valence-corrected chi connectivity index (χ1v) is 10.8. The van der Waals surface area contributed by atoms with Crippen molar-refractivity contribution < 1.29 is 17.6 Å². The topological polar surface area (TPSA) is 92.5 Å². The molecule has 0 spiro atoms. The third-order valence-electron chi connectivity index (χ3n) is 4.50. The second-order valence-corrected chi connectivity index (χ2v) is 9.64. The molecule has 8 heteroatoms. The summed E-state index contributed by atoms with van der Waals surface area (Å²) in [6.07, 6.45) is 0.633. The number of rotatable bonds is 7. The van der Waals surface area contributed by atoms with Gasteiger partial charge >= 0.3 is 0 Å². The molecule has 0 radical (unpaired) electrons. The summed E-state index contributed by atoms with van der Waals surface area (Å²) in [6.45, 7) is 4.10. The lowest BCUT2D eigenvalue weighted by Gasteiger charge is -2.18. The van der Waals surface area contributed by atoms with E-state index in [1.165, 1.54) is 26.2 Å². The van der Waals surface area contributed by atoms with Gasteiger partial charge in [-0.3, -0.25) is 4.79 Å². The van der Waals surface area contributed by atoms with Crippen molar-refractivity contribution in [2.24, 2.45) is 5.92 Å². The molecule has 1 atom stereocenters. The minimum atomic E-state index is -3.63. The van der Waals surface area contributed by atoms with Crippen LogP contribution in [0.4, 0.5) is 0 Å². The minimum absolute atomic E-state index is 0.0671. The van der Waals surface area contributed by atoms with Crippen molar-refractivity contribution in [3.05, 3.63) is 60.0 Å². The highest BCUT2D eigenvalue weighted by Gasteiger charge is 2.24. The first kappa shape index (κ1) is 21.0. The summed E-state index contributed by atoms with van der Waals surface area (Å²) in [6, 6.07) is 13.0. The summed E-state index contributed by atoms with van der Waals surface area (Å²) in [4.78, 5) is 17.5. The summed E-state index contributed by atoms with van der Waals surface area (Å²) < 4.78 is 31.7. The standard InChI is InChI=1S/C21H25N3O4S/c1-14(2)12-18(21-23-17-10-5-6-11-19(17)28-21)22-20(25)15-8-7-9-16(13-15)29(26,27)24(3)4/h5-11,13-14,18H,12H2,1-4H3,(H,22,25)/t18-/m1/s1. The molecule has 1 heterocycles. The van der Waals surface area contributed by atoms with E-state index < -0.39 is 16.1 Å². The van der Waals surface area contributed by atoms with Crippen LogP contribution in [-0.2, 0) is 10.0 Å². The summed E-state index contributed by atoms with van der Waals surface area (Å²) >= 11 is 0. The van der Waals surface area contributed by atoms with Crippen LogP contribution < -0.4 is 5.32 Å². The largest absolute Gasteiger partial charge is 0.438 e. The molecule has 0 saturated heterocycles. The first-order chi connectivity index (χ1) is 13.7. The summed E-state index contributed by atoms with van der Waals surface area (Å²) in [5.41, 5.74) is 1.65. The number of oxazole rings is 1. The number of hydrogen-bond acceptors (Lipinski definition) is 5. The number of para-hydroxylation sites is 2. The number of aromatic nitrogens is 1. The number of sulfonamides is 1. The van der Waals surface area contributed by atoms with Gasteiger partial charge in [0.2, 0.25) is 15.9 Å². The molecule has 3 rings (SSSR count). The number of nitrogens with zero attached hydrogens (tertiary/aromatic N) is 2. The Balaban J connectivity index is 1.89. The predicted octanol–water partition coefficient (Wildman–Crippen LogP) is 3.60. The molecule has 2 aromatic carbocycles. The number of benzene rings is 2. The SMILES string of the molecule is CC(C)C[C@@H](NC(=O)c1cccc(S(=O)(=O)N(C)C)c1)c1nc2ccccc2o1. The Morgan fingerprint density at radius 3 is 2.52 bits per heavy atom. The van der Waals surface area contributed by atoms with E-state index in [0.717, 1.165) is 9.82 Å². The molecule has 0 saturated carbocycles. The Morgan fingerprint density at radius 1 is 1.14 bits per heavy atom. The average molecular weight is 416 g/mol. The van der Waals surface area contributed by atoms with E-state index in [2.05, 4.69) is 10.3 Å². The molecule has 0 fully saturated rings. The van der Waals surface area contributed by atoms with Crippen molar-refractivity contribution in [3.8, 4) is 0 Å². The zero-order valence-electron chi connectivity index (χ0n) is 16.9. The van der Waals surface area contributed by atoms with Gasteiger partial charge in [-0.15, -0.1) is 0 Å². The Kier molecular flexibility index (Phi) is 6.04. The average Bonchev–Trinajstić information content (AvgIpc) is 3.11. The van der Waals surface area contributed by atoms with Crippen molar-refractivity contribution in [2.75, 3.05) is 14.1 Å². The van der Waals surface area contributed by atoms with Gasteiger partial charge in [0, 0.05) is 19.7 Å². The van der Waals surface area contributed by atoms with E-state index in [0.29, 0.717) is 17.9 Å². The molecule has 1 amide bonds. The fourth-order valence-corrected chi connectivity index (χ4v) is 3.93. The van der Waals surface area contributed by atoms with Gasteiger partial charge in [-0.1, -0.05) is 32.0 Å². The second kappa shape index (κ2) is 8.34. The molecule has 0 unspecified atom stereocenters. The van der Waals surface area contributed by atoms with E-state index in [-0.39, 0.29) is 22.3 Å². The number of amides is 1. The second-order valence-electron chi connectivity index (χ2n) is 7.49. The number of fused-ring (bicyclic) bond motifs is 1. The molecular formula is C21H25N3O4S. The summed E-state index contributed by atoms with van der Waals surface area (Å²) in [5, 5.41) is 2.95. The Morgan fingerprint density at radius 2 is 1.86 bits per heavy atom. The highest BCUT2D eigenvalue weighted by Crippen LogP contribution is 2.25. The zero-order chi connectivity index (χ0) is 21.2. The van der Waals surface area contributed by atoms with E-state index in [1.807, 2.05) is 38.1 Å². The van der Waals surface area contributed by atoms with Crippen LogP contribution in [0.3, 0.4) is 0 Å². The maximum Gasteiger partial charge on any atom is 0.251 e. The molecular weight excluding hydrogens is 390 g/mol. The molecule has 1 N–H and O–H groups in total. The number of carbonyl (C=O) groups excluding carboxylic acids is 1. The highest BCUT2D eigenvalue weighted by molar-refractivity contribution is 7.89. The van der Waals surface area contributed by atoms with E-state index in [9.17, 15) is 13.2 Å². The normalized spacial score (nSPS) is 13.2. The van der Waals surface area contributed by atoms with Gasteiger partial charge in [-0.2, -0.15) is 0 Å². The monoisotopic (exact) mass is 415 g/mol. The van der Waals surface area contributed by atoms with Crippen molar-refractivity contribution in [1.29, 1.82) is 0 Å². The van der Waals surface area contributed by atoms with Crippen molar-refractivity contribution in [2.45, 2.75) is 31.2 Å². The van der Waals surface area contributed by atoms with Crippen LogP contribution >= 0.6 is 0 Å². The molecule has 0 aliphatic carbocycles. The predicted molar refractivity (Wildman–Crippen MR) is 111 cm³/mol. The summed E-state index contributed by atoms with van der Waals surface area (Å²) in [5.74, 6) is 0.342. The minimum Gasteiger partial charge on any atom is -0.438 e. The van der Waals surface area contributed by atoms with Crippen LogP contribution in [0, 0.1) is 5.92 Å². The van der Waals surface area contributed by atoms with Gasteiger partial charge in [0.15, 0.2) is 5.58 Å². The number of carbonyl (C=O) groups is 1. The Labute approximate surface area is 170 Å². The lowest BCUT2D eigenvalue weighted by atomic mass is 10.0. The maximum atomic E-state index is 12.9. The van der Waals surface area contributed by atoms with Gasteiger partial charge < -0.3 is 9.73 Å². The van der Waals surface area contributed by atoms with Gasteiger partial charge in [0.05, 0.1) is 4.90 Å². The van der Waals surface area contributed by atoms with E-state index >= 15 is 0 Å². The number of nitrogens with one attached hydrogen (secondary N) is 1. The van der Waals surface area contributed by atoms with E-state index in [1.54, 1.807) is 12.1 Å². The van der Waals surface area contributed by atoms with Crippen LogP contribution in [-0.4, -0.2) is 37.7 Å². The van der Waals surface area contributed by atoms with Crippen molar-refractivity contribution in [1.82, 2.24) is 14.6 Å². The Hall–Kier alpha value is -2.71. The third kappa shape index (κ3) is 4.65. The fraction of sp³-hybridized carbons (Fsp3) is 0.333. The van der Waals surface area contributed by atoms with Crippen LogP contribution in [0.25, 0.3) is 11.1 Å². The van der Waals surface area contributed by atoms with Gasteiger partial charge in [-0.05, 0) is 42.7 Å². The van der Waals surface area contributed by atoms with Crippen LogP contribution in [0.15, 0.2) is 57.8 Å². The molecule has 0 aliphatic heterocycles. The zero-order valence-corrected chi connectivity index (χ0v) is 17.7. The van der Waals surface area contributed by atoms with Gasteiger partial charge in [0.25, 0.3) is 5.91 Å². The Bertz CT molecular complexity index is 1090. The fourth-order valence-electron chi connectivity index (χ4n) is 2.98. The van der Waals surface area contributed by atoms with Crippen LogP contribution in [0.5, 0.6) is 0 Å². The third-order valence-corrected chi connectivity index (χ3v) is 6.31. The number of hydrogen-bond donors (Lipinski definition) is 1. The first-order valence-electron chi connectivity index (χ1n) is 9.37. The molecule has 3 aromatic rings. The van der Waals surface area contributed by atoms with Crippen LogP contribution in [0.2, 0.25) is 0 Å². The van der Waals surface area contributed by atoms with Crippen molar-refractivity contribution in [3.63, 3.8) is 0 Å². The summed E-state index contributed by atoms with van der Waals surface area (Å²) in [7, 11) is -0.723. The van der Waals surface area contributed by atoms with Crippen LogP contribution in [0.1, 0.15) is 42.6 Å².